The highest BCUT2D eigenvalue weighted by molar-refractivity contribution is 5.37. The molecule has 1 heterocycles. The fourth-order valence-corrected chi connectivity index (χ4v) is 4.15. The topological polar surface area (TPSA) is 56.2 Å². The van der Waals surface area contributed by atoms with E-state index >= 15 is 0 Å². The maximum absolute atomic E-state index is 9.66. The molecule has 1 atom stereocenters. The molecule has 2 aromatic carbocycles. The molecule has 2 aromatic rings. The maximum Gasteiger partial charge on any atom is 0.124 e. The van der Waals surface area contributed by atoms with Gasteiger partial charge in [0.2, 0.25) is 0 Å². The molecule has 0 aliphatic carbocycles. The van der Waals surface area contributed by atoms with Crippen molar-refractivity contribution in [3.63, 3.8) is 0 Å². The van der Waals surface area contributed by atoms with Gasteiger partial charge in [-0.05, 0) is 49.1 Å². The summed E-state index contributed by atoms with van der Waals surface area (Å²) in [7, 11) is 0. The summed E-state index contributed by atoms with van der Waals surface area (Å²) < 4.78 is 5.59. The van der Waals surface area contributed by atoms with Crippen molar-refractivity contribution in [3.05, 3.63) is 64.7 Å². The standard InChI is InChI=1S/C24H34N2O3/c1-3-29-24-9-8-20(14-22(24)18-28)15-25-11-12-26(23(17-25)10-13-27)16-21-7-5-4-6-19(21)2/h4-9,14,23,27-28H,3,10-13,15-18H2,1-2H3/t23-/m1/s1. The third kappa shape index (κ3) is 5.80. The number of ether oxygens (including phenoxy) is 1. The lowest BCUT2D eigenvalue weighted by molar-refractivity contribution is 0.0498. The minimum Gasteiger partial charge on any atom is -0.494 e. The van der Waals surface area contributed by atoms with Crippen LogP contribution in [-0.4, -0.2) is 58.9 Å². The van der Waals surface area contributed by atoms with E-state index < -0.39 is 0 Å². The molecule has 1 saturated heterocycles. The number of benzene rings is 2. The van der Waals surface area contributed by atoms with Crippen molar-refractivity contribution in [2.45, 2.75) is 46.0 Å². The Hall–Kier alpha value is -1.92. The maximum atomic E-state index is 9.66. The Balaban J connectivity index is 1.65. The van der Waals surface area contributed by atoms with Crippen LogP contribution in [0.25, 0.3) is 0 Å². The van der Waals surface area contributed by atoms with Gasteiger partial charge in [-0.25, -0.2) is 0 Å². The van der Waals surface area contributed by atoms with Crippen LogP contribution in [0.2, 0.25) is 0 Å². The molecular weight excluding hydrogens is 364 g/mol. The fourth-order valence-electron chi connectivity index (χ4n) is 4.15. The SMILES string of the molecule is CCOc1ccc(CN2CCN(Cc3ccccc3C)[C@H](CCO)C2)cc1CO. The summed E-state index contributed by atoms with van der Waals surface area (Å²) in [5, 5.41) is 19.3. The van der Waals surface area contributed by atoms with Crippen molar-refractivity contribution in [2.24, 2.45) is 0 Å². The highest BCUT2D eigenvalue weighted by Crippen LogP contribution is 2.23. The van der Waals surface area contributed by atoms with Gasteiger partial charge in [0.05, 0.1) is 13.2 Å². The summed E-state index contributed by atoms with van der Waals surface area (Å²) in [6.45, 7) is 9.61. The summed E-state index contributed by atoms with van der Waals surface area (Å²) in [6.07, 6.45) is 0.785. The minimum atomic E-state index is -0.0134. The lowest BCUT2D eigenvalue weighted by atomic mass is 10.0. The largest absolute Gasteiger partial charge is 0.494 e. The molecule has 0 spiro atoms. The van der Waals surface area contributed by atoms with Crippen LogP contribution >= 0.6 is 0 Å². The Bertz CT molecular complexity index is 780. The molecule has 0 unspecified atom stereocenters. The van der Waals surface area contributed by atoms with Crippen LogP contribution in [0.15, 0.2) is 42.5 Å². The van der Waals surface area contributed by atoms with Crippen LogP contribution in [0.4, 0.5) is 0 Å². The second-order valence-electron chi connectivity index (χ2n) is 7.83. The van der Waals surface area contributed by atoms with E-state index in [-0.39, 0.29) is 13.2 Å². The summed E-state index contributed by atoms with van der Waals surface area (Å²) >= 11 is 0. The highest BCUT2D eigenvalue weighted by Gasteiger charge is 2.27. The number of hydrogen-bond acceptors (Lipinski definition) is 5. The first kappa shape index (κ1) is 21.8. The van der Waals surface area contributed by atoms with E-state index in [4.69, 9.17) is 4.74 Å². The van der Waals surface area contributed by atoms with Gasteiger partial charge >= 0.3 is 0 Å². The molecule has 2 N–H and O–H groups in total. The van der Waals surface area contributed by atoms with Crippen LogP contribution in [0.1, 0.15) is 35.6 Å². The predicted octanol–water partition coefficient (Wildman–Crippen LogP) is 2.95. The number of aliphatic hydroxyl groups is 2. The van der Waals surface area contributed by atoms with E-state index in [1.807, 2.05) is 19.1 Å². The van der Waals surface area contributed by atoms with Crippen LogP contribution in [-0.2, 0) is 19.7 Å². The van der Waals surface area contributed by atoms with Crippen molar-refractivity contribution in [1.82, 2.24) is 9.80 Å². The summed E-state index contributed by atoms with van der Waals surface area (Å²) in [4.78, 5) is 4.96. The number of nitrogens with zero attached hydrogens (tertiary/aromatic N) is 2. The van der Waals surface area contributed by atoms with E-state index in [1.54, 1.807) is 0 Å². The summed E-state index contributed by atoms with van der Waals surface area (Å²) in [6, 6.07) is 15.0. The van der Waals surface area contributed by atoms with Crippen LogP contribution in [0.3, 0.4) is 0 Å². The molecule has 1 aliphatic heterocycles. The molecule has 0 radical (unpaired) electrons. The number of hydrogen-bond donors (Lipinski definition) is 2. The molecule has 158 valence electrons. The van der Waals surface area contributed by atoms with Crippen molar-refractivity contribution < 1.29 is 14.9 Å². The number of aryl methyl sites for hydroxylation is 1. The van der Waals surface area contributed by atoms with Crippen molar-refractivity contribution >= 4 is 0 Å². The molecule has 1 fully saturated rings. The molecule has 0 aromatic heterocycles. The molecule has 1 aliphatic rings. The third-order valence-electron chi connectivity index (χ3n) is 5.79. The fraction of sp³-hybridized carbons (Fsp3) is 0.500. The zero-order valence-electron chi connectivity index (χ0n) is 17.7. The first-order valence-electron chi connectivity index (χ1n) is 10.6. The zero-order valence-corrected chi connectivity index (χ0v) is 17.7. The third-order valence-corrected chi connectivity index (χ3v) is 5.79. The van der Waals surface area contributed by atoms with Gasteiger partial charge in [0, 0.05) is 50.9 Å². The second kappa shape index (κ2) is 10.7. The Morgan fingerprint density at radius 2 is 1.86 bits per heavy atom. The normalized spacial score (nSPS) is 18.1. The predicted molar refractivity (Wildman–Crippen MR) is 116 cm³/mol. The van der Waals surface area contributed by atoms with Gasteiger partial charge in [-0.3, -0.25) is 9.80 Å². The Morgan fingerprint density at radius 3 is 2.59 bits per heavy atom. The second-order valence-corrected chi connectivity index (χ2v) is 7.83. The lowest BCUT2D eigenvalue weighted by Crippen LogP contribution is -2.52. The van der Waals surface area contributed by atoms with Gasteiger partial charge in [-0.2, -0.15) is 0 Å². The number of rotatable bonds is 9. The molecule has 29 heavy (non-hydrogen) atoms. The van der Waals surface area contributed by atoms with Gasteiger partial charge in [0.25, 0.3) is 0 Å². The van der Waals surface area contributed by atoms with Crippen LogP contribution in [0, 0.1) is 6.92 Å². The first-order valence-corrected chi connectivity index (χ1v) is 10.6. The van der Waals surface area contributed by atoms with E-state index in [9.17, 15) is 10.2 Å². The molecule has 3 rings (SSSR count). The van der Waals surface area contributed by atoms with Gasteiger partial charge < -0.3 is 14.9 Å². The Kier molecular flexibility index (Phi) is 8.07. The molecule has 0 saturated carbocycles. The number of piperazine rings is 1. The quantitative estimate of drug-likeness (QED) is 0.680. The van der Waals surface area contributed by atoms with Crippen molar-refractivity contribution in [3.8, 4) is 5.75 Å². The lowest BCUT2D eigenvalue weighted by Gasteiger charge is -2.41. The van der Waals surface area contributed by atoms with Gasteiger partial charge in [-0.1, -0.05) is 30.3 Å². The average Bonchev–Trinajstić information content (AvgIpc) is 2.73. The monoisotopic (exact) mass is 398 g/mol. The minimum absolute atomic E-state index is 0.0134. The smallest absolute Gasteiger partial charge is 0.124 e. The zero-order chi connectivity index (χ0) is 20.6. The molecule has 0 bridgehead atoms. The molecule has 0 amide bonds. The van der Waals surface area contributed by atoms with Gasteiger partial charge in [-0.15, -0.1) is 0 Å². The molecular formula is C24H34N2O3. The van der Waals surface area contributed by atoms with Gasteiger partial charge in [0.15, 0.2) is 0 Å². The van der Waals surface area contributed by atoms with Gasteiger partial charge in [0.1, 0.15) is 5.75 Å². The summed E-state index contributed by atoms with van der Waals surface area (Å²) in [5.74, 6) is 0.764. The first-order chi connectivity index (χ1) is 14.1. The Labute approximate surface area is 174 Å². The van der Waals surface area contributed by atoms with E-state index in [2.05, 4.69) is 47.1 Å². The van der Waals surface area contributed by atoms with Crippen molar-refractivity contribution in [2.75, 3.05) is 32.8 Å². The summed E-state index contributed by atoms with van der Waals surface area (Å²) in [5.41, 5.74) is 4.72. The van der Waals surface area contributed by atoms with E-state index in [0.717, 1.165) is 50.5 Å². The average molecular weight is 399 g/mol. The van der Waals surface area contributed by atoms with Crippen molar-refractivity contribution in [1.29, 1.82) is 0 Å². The number of aliphatic hydroxyl groups excluding tert-OH is 2. The van der Waals surface area contributed by atoms with Crippen LogP contribution < -0.4 is 4.74 Å². The van der Waals surface area contributed by atoms with E-state index in [1.165, 1.54) is 16.7 Å². The molecule has 5 nitrogen and oxygen atoms in total. The van der Waals surface area contributed by atoms with E-state index in [0.29, 0.717) is 12.6 Å². The van der Waals surface area contributed by atoms with Crippen LogP contribution in [0.5, 0.6) is 5.75 Å². The molecule has 5 heteroatoms. The Morgan fingerprint density at radius 1 is 1.03 bits per heavy atom. The highest BCUT2D eigenvalue weighted by atomic mass is 16.5.